The van der Waals surface area contributed by atoms with Crippen LogP contribution in [0.15, 0.2) is 29.4 Å². The topological polar surface area (TPSA) is 59.8 Å². The van der Waals surface area contributed by atoms with Crippen LogP contribution in [-0.2, 0) is 11.3 Å². The lowest BCUT2D eigenvalue weighted by atomic mass is 10.2. The number of rotatable bonds is 7. The third kappa shape index (κ3) is 4.80. The van der Waals surface area contributed by atoms with Crippen LogP contribution >= 0.6 is 11.8 Å². The largest absolute Gasteiger partial charge is 0.353 e. The lowest BCUT2D eigenvalue weighted by Gasteiger charge is -2.13. The SMILES string of the molecule is CC(C)Cn1c(SCC(=O)NC(C)C)nnc1-c1ccccc1F. The first-order chi connectivity index (χ1) is 11.4. The van der Waals surface area contributed by atoms with E-state index >= 15 is 0 Å². The van der Waals surface area contributed by atoms with Crippen LogP contribution < -0.4 is 5.32 Å². The molecule has 1 aromatic carbocycles. The Morgan fingerprint density at radius 3 is 2.58 bits per heavy atom. The van der Waals surface area contributed by atoms with Gasteiger partial charge in [0.15, 0.2) is 11.0 Å². The van der Waals surface area contributed by atoms with E-state index < -0.39 is 0 Å². The molecule has 24 heavy (non-hydrogen) atoms. The highest BCUT2D eigenvalue weighted by Crippen LogP contribution is 2.26. The van der Waals surface area contributed by atoms with Gasteiger partial charge < -0.3 is 9.88 Å². The Labute approximate surface area is 146 Å². The fourth-order valence-corrected chi connectivity index (χ4v) is 3.02. The first-order valence-corrected chi connectivity index (χ1v) is 8.97. The van der Waals surface area contributed by atoms with Gasteiger partial charge in [0.05, 0.1) is 11.3 Å². The third-order valence-electron chi connectivity index (χ3n) is 3.16. The Hall–Kier alpha value is -1.89. The van der Waals surface area contributed by atoms with Crippen molar-refractivity contribution >= 4 is 17.7 Å². The van der Waals surface area contributed by atoms with Gasteiger partial charge in [0, 0.05) is 12.6 Å². The maximum atomic E-state index is 14.1. The molecule has 0 atom stereocenters. The number of thioether (sulfide) groups is 1. The van der Waals surface area contributed by atoms with Gasteiger partial charge in [-0.25, -0.2) is 4.39 Å². The smallest absolute Gasteiger partial charge is 0.230 e. The van der Waals surface area contributed by atoms with Crippen molar-refractivity contribution in [1.82, 2.24) is 20.1 Å². The van der Waals surface area contributed by atoms with E-state index in [0.29, 0.717) is 29.0 Å². The van der Waals surface area contributed by atoms with E-state index in [9.17, 15) is 9.18 Å². The van der Waals surface area contributed by atoms with E-state index in [4.69, 9.17) is 0 Å². The summed E-state index contributed by atoms with van der Waals surface area (Å²) in [5.74, 6) is 0.709. The van der Waals surface area contributed by atoms with Crippen molar-refractivity contribution < 1.29 is 9.18 Å². The van der Waals surface area contributed by atoms with Gasteiger partial charge in [-0.05, 0) is 31.9 Å². The summed E-state index contributed by atoms with van der Waals surface area (Å²) in [4.78, 5) is 11.8. The average Bonchev–Trinajstić information content (AvgIpc) is 2.87. The lowest BCUT2D eigenvalue weighted by molar-refractivity contribution is -0.119. The number of carbonyl (C=O) groups excluding carboxylic acids is 1. The summed E-state index contributed by atoms with van der Waals surface area (Å²) >= 11 is 1.32. The fourth-order valence-electron chi connectivity index (χ4n) is 2.26. The molecule has 1 amide bonds. The van der Waals surface area contributed by atoms with E-state index in [-0.39, 0.29) is 23.5 Å². The average molecular weight is 350 g/mol. The van der Waals surface area contributed by atoms with Crippen molar-refractivity contribution in [2.24, 2.45) is 5.92 Å². The van der Waals surface area contributed by atoms with E-state index in [1.807, 2.05) is 18.4 Å². The summed E-state index contributed by atoms with van der Waals surface area (Å²) in [5, 5.41) is 11.8. The molecule has 0 aliphatic carbocycles. The first-order valence-electron chi connectivity index (χ1n) is 7.98. The Morgan fingerprint density at radius 1 is 1.25 bits per heavy atom. The van der Waals surface area contributed by atoms with Gasteiger partial charge in [0.2, 0.25) is 5.91 Å². The van der Waals surface area contributed by atoms with Gasteiger partial charge in [-0.15, -0.1) is 10.2 Å². The number of benzene rings is 1. The Bertz CT molecular complexity index is 700. The molecular weight excluding hydrogens is 327 g/mol. The second-order valence-electron chi connectivity index (χ2n) is 6.30. The number of nitrogens with one attached hydrogen (secondary N) is 1. The Morgan fingerprint density at radius 2 is 1.96 bits per heavy atom. The summed E-state index contributed by atoms with van der Waals surface area (Å²) in [5.41, 5.74) is 0.420. The van der Waals surface area contributed by atoms with Crippen LogP contribution in [0.1, 0.15) is 27.7 Å². The number of hydrogen-bond donors (Lipinski definition) is 1. The number of carbonyl (C=O) groups is 1. The number of nitrogens with zero attached hydrogens (tertiary/aromatic N) is 3. The van der Waals surface area contributed by atoms with Crippen LogP contribution in [0.2, 0.25) is 0 Å². The third-order valence-corrected chi connectivity index (χ3v) is 4.13. The standard InChI is InChI=1S/C17H23FN4OS/c1-11(2)9-22-16(13-7-5-6-8-14(13)18)20-21-17(22)24-10-15(23)19-12(3)4/h5-8,11-12H,9-10H2,1-4H3,(H,19,23). The van der Waals surface area contributed by atoms with E-state index in [0.717, 1.165) is 0 Å². The van der Waals surface area contributed by atoms with Crippen LogP contribution in [0.5, 0.6) is 0 Å². The van der Waals surface area contributed by atoms with Gasteiger partial charge in [0.1, 0.15) is 5.82 Å². The second kappa shape index (κ2) is 8.28. The molecule has 5 nitrogen and oxygen atoms in total. The molecule has 1 N–H and O–H groups in total. The maximum Gasteiger partial charge on any atom is 0.230 e. The highest BCUT2D eigenvalue weighted by atomic mass is 32.2. The predicted octanol–water partition coefficient (Wildman–Crippen LogP) is 3.36. The minimum Gasteiger partial charge on any atom is -0.353 e. The molecule has 0 aliphatic heterocycles. The van der Waals surface area contributed by atoms with Crippen molar-refractivity contribution in [3.05, 3.63) is 30.1 Å². The highest BCUT2D eigenvalue weighted by Gasteiger charge is 2.18. The summed E-state index contributed by atoms with van der Waals surface area (Å²) in [6, 6.07) is 6.62. The normalized spacial score (nSPS) is 11.3. The molecule has 1 heterocycles. The monoisotopic (exact) mass is 350 g/mol. The number of aromatic nitrogens is 3. The van der Waals surface area contributed by atoms with Gasteiger partial charge in [-0.3, -0.25) is 4.79 Å². The molecule has 0 radical (unpaired) electrons. The molecule has 0 fully saturated rings. The maximum absolute atomic E-state index is 14.1. The molecule has 0 aliphatic rings. The Balaban J connectivity index is 2.26. The zero-order chi connectivity index (χ0) is 17.7. The van der Waals surface area contributed by atoms with Gasteiger partial charge in [-0.1, -0.05) is 37.7 Å². The minimum absolute atomic E-state index is 0.0541. The quantitative estimate of drug-likeness (QED) is 0.778. The summed E-state index contributed by atoms with van der Waals surface area (Å²) in [7, 11) is 0. The molecule has 0 saturated carbocycles. The molecule has 0 spiro atoms. The predicted molar refractivity (Wildman–Crippen MR) is 94.3 cm³/mol. The molecule has 130 valence electrons. The van der Waals surface area contributed by atoms with Crippen molar-refractivity contribution in [3.8, 4) is 11.4 Å². The van der Waals surface area contributed by atoms with E-state index in [1.54, 1.807) is 18.2 Å². The molecule has 0 saturated heterocycles. The number of hydrogen-bond acceptors (Lipinski definition) is 4. The molecule has 0 unspecified atom stereocenters. The molecule has 1 aromatic heterocycles. The zero-order valence-corrected chi connectivity index (χ0v) is 15.2. The lowest BCUT2D eigenvalue weighted by Crippen LogP contribution is -2.31. The highest BCUT2D eigenvalue weighted by molar-refractivity contribution is 7.99. The Kier molecular flexibility index (Phi) is 6.36. The van der Waals surface area contributed by atoms with Gasteiger partial charge in [-0.2, -0.15) is 0 Å². The van der Waals surface area contributed by atoms with Crippen LogP contribution in [0.3, 0.4) is 0 Å². The molecule has 0 bridgehead atoms. The molecular formula is C17H23FN4OS. The van der Waals surface area contributed by atoms with E-state index in [2.05, 4.69) is 29.4 Å². The zero-order valence-electron chi connectivity index (χ0n) is 14.4. The van der Waals surface area contributed by atoms with Crippen molar-refractivity contribution in [3.63, 3.8) is 0 Å². The summed E-state index contributed by atoms with van der Waals surface area (Å²) < 4.78 is 16.0. The van der Waals surface area contributed by atoms with E-state index in [1.165, 1.54) is 17.8 Å². The van der Waals surface area contributed by atoms with Crippen LogP contribution in [0.25, 0.3) is 11.4 Å². The minimum atomic E-state index is -0.330. The molecule has 7 heteroatoms. The van der Waals surface area contributed by atoms with Crippen molar-refractivity contribution in [2.45, 2.75) is 45.4 Å². The van der Waals surface area contributed by atoms with Crippen LogP contribution in [-0.4, -0.2) is 32.5 Å². The summed E-state index contributed by atoms with van der Waals surface area (Å²) in [6.07, 6.45) is 0. The van der Waals surface area contributed by atoms with Crippen LogP contribution in [0, 0.1) is 11.7 Å². The fraction of sp³-hybridized carbons (Fsp3) is 0.471. The number of halogens is 1. The molecule has 2 aromatic rings. The van der Waals surface area contributed by atoms with Crippen molar-refractivity contribution in [1.29, 1.82) is 0 Å². The number of amides is 1. The van der Waals surface area contributed by atoms with Gasteiger partial charge >= 0.3 is 0 Å². The molecule has 2 rings (SSSR count). The van der Waals surface area contributed by atoms with Crippen LogP contribution in [0.4, 0.5) is 4.39 Å². The summed E-state index contributed by atoms with van der Waals surface area (Å²) in [6.45, 7) is 8.64. The second-order valence-corrected chi connectivity index (χ2v) is 7.24. The first kappa shape index (κ1) is 18.4. The van der Waals surface area contributed by atoms with Crippen molar-refractivity contribution in [2.75, 3.05) is 5.75 Å². The van der Waals surface area contributed by atoms with Gasteiger partial charge in [0.25, 0.3) is 0 Å².